The van der Waals surface area contributed by atoms with Crippen LogP contribution in [-0.4, -0.2) is 39.9 Å². The Hall–Kier alpha value is -1.75. The summed E-state index contributed by atoms with van der Waals surface area (Å²) in [5.41, 5.74) is 0.914. The Kier molecular flexibility index (Phi) is 6.91. The highest BCUT2D eigenvalue weighted by Crippen LogP contribution is 2.44. The molecule has 1 aliphatic carbocycles. The van der Waals surface area contributed by atoms with Gasteiger partial charge in [0.25, 0.3) is 0 Å². The van der Waals surface area contributed by atoms with Crippen LogP contribution in [0, 0.1) is 5.41 Å². The molecule has 0 saturated heterocycles. The van der Waals surface area contributed by atoms with Crippen LogP contribution in [0.3, 0.4) is 0 Å². The van der Waals surface area contributed by atoms with Crippen molar-refractivity contribution in [2.75, 3.05) is 34.0 Å². The number of methoxy groups -OCH3 is 2. The molecular weight excluding hydrogens is 306 g/mol. The van der Waals surface area contributed by atoms with Crippen molar-refractivity contribution in [1.82, 2.24) is 5.32 Å². The lowest BCUT2D eigenvalue weighted by Crippen LogP contribution is -2.46. The van der Waals surface area contributed by atoms with Crippen LogP contribution >= 0.6 is 0 Å². The molecule has 1 fully saturated rings. The third-order valence-corrected chi connectivity index (χ3v) is 4.87. The molecule has 5 nitrogen and oxygen atoms in total. The van der Waals surface area contributed by atoms with Gasteiger partial charge in [-0.25, -0.2) is 0 Å². The summed E-state index contributed by atoms with van der Waals surface area (Å²) >= 11 is 0. The lowest BCUT2D eigenvalue weighted by Gasteiger charge is -2.40. The molecule has 1 saturated carbocycles. The Morgan fingerprint density at radius 3 is 2.54 bits per heavy atom. The molecule has 0 aromatic heterocycles. The molecule has 0 radical (unpaired) electrons. The van der Waals surface area contributed by atoms with E-state index >= 15 is 0 Å². The molecule has 0 unspecified atom stereocenters. The lowest BCUT2D eigenvalue weighted by molar-refractivity contribution is -0.137. The fraction of sp³-hybridized carbons (Fsp3) is 0.632. The van der Waals surface area contributed by atoms with Gasteiger partial charge in [-0.15, -0.1) is 0 Å². The van der Waals surface area contributed by atoms with Crippen molar-refractivity contribution in [2.24, 2.45) is 5.41 Å². The summed E-state index contributed by atoms with van der Waals surface area (Å²) < 4.78 is 16.0. The van der Waals surface area contributed by atoms with E-state index in [-0.39, 0.29) is 11.3 Å². The standard InChI is InChI=1S/C19H29NO4/c1-4-24-13-11-19(9-5-10-19)18(21)20-12-8-15-6-7-16(22-2)17(14-15)23-3/h6-7,14H,4-5,8-13H2,1-3H3,(H,20,21). The van der Waals surface area contributed by atoms with Crippen molar-refractivity contribution in [3.63, 3.8) is 0 Å². The van der Waals surface area contributed by atoms with Crippen LogP contribution in [0.5, 0.6) is 11.5 Å². The van der Waals surface area contributed by atoms with E-state index in [9.17, 15) is 4.79 Å². The fourth-order valence-electron chi connectivity index (χ4n) is 3.15. The number of hydrogen-bond acceptors (Lipinski definition) is 4. The molecule has 1 aliphatic rings. The van der Waals surface area contributed by atoms with Gasteiger partial charge in [-0.2, -0.15) is 0 Å². The normalized spacial score (nSPS) is 15.5. The van der Waals surface area contributed by atoms with Crippen molar-refractivity contribution < 1.29 is 19.0 Å². The summed E-state index contributed by atoms with van der Waals surface area (Å²) in [6, 6.07) is 5.85. The highest BCUT2D eigenvalue weighted by molar-refractivity contribution is 5.83. The number of nitrogens with one attached hydrogen (secondary N) is 1. The number of benzene rings is 1. The molecule has 1 amide bonds. The molecule has 0 heterocycles. The minimum absolute atomic E-state index is 0.175. The lowest BCUT2D eigenvalue weighted by atomic mass is 9.66. The zero-order valence-electron chi connectivity index (χ0n) is 15.0. The van der Waals surface area contributed by atoms with E-state index < -0.39 is 0 Å². The van der Waals surface area contributed by atoms with E-state index in [0.29, 0.717) is 25.5 Å². The molecule has 1 N–H and O–H groups in total. The Bertz CT molecular complexity index is 540. The van der Waals surface area contributed by atoms with Crippen molar-refractivity contribution in [2.45, 2.75) is 39.0 Å². The maximum absolute atomic E-state index is 12.5. The van der Waals surface area contributed by atoms with Gasteiger partial charge < -0.3 is 19.5 Å². The smallest absolute Gasteiger partial charge is 0.226 e. The summed E-state index contributed by atoms with van der Waals surface area (Å²) in [6.07, 6.45) is 4.68. The Morgan fingerprint density at radius 1 is 1.21 bits per heavy atom. The second-order valence-corrected chi connectivity index (χ2v) is 6.28. The van der Waals surface area contributed by atoms with Crippen molar-refractivity contribution >= 4 is 5.91 Å². The molecular formula is C19H29NO4. The van der Waals surface area contributed by atoms with Gasteiger partial charge in [0, 0.05) is 19.8 Å². The molecule has 0 spiro atoms. The van der Waals surface area contributed by atoms with Crippen LogP contribution in [0.15, 0.2) is 18.2 Å². The Morgan fingerprint density at radius 2 is 1.96 bits per heavy atom. The minimum Gasteiger partial charge on any atom is -0.493 e. The van der Waals surface area contributed by atoms with E-state index in [1.165, 1.54) is 0 Å². The van der Waals surface area contributed by atoms with Gasteiger partial charge in [0.05, 0.1) is 19.6 Å². The fourth-order valence-corrected chi connectivity index (χ4v) is 3.15. The van der Waals surface area contributed by atoms with Crippen LogP contribution in [0.2, 0.25) is 0 Å². The van der Waals surface area contributed by atoms with Crippen molar-refractivity contribution in [1.29, 1.82) is 0 Å². The monoisotopic (exact) mass is 335 g/mol. The largest absolute Gasteiger partial charge is 0.493 e. The summed E-state index contributed by atoms with van der Waals surface area (Å²) in [5, 5.41) is 3.10. The number of hydrogen-bond donors (Lipinski definition) is 1. The number of carbonyl (C=O) groups is 1. The Balaban J connectivity index is 1.83. The van der Waals surface area contributed by atoms with Gasteiger partial charge in [0.15, 0.2) is 11.5 Å². The number of carbonyl (C=O) groups excluding carboxylic acids is 1. The van der Waals surface area contributed by atoms with Crippen LogP contribution in [0.25, 0.3) is 0 Å². The predicted octanol–water partition coefficient (Wildman–Crippen LogP) is 2.96. The SMILES string of the molecule is CCOCCC1(C(=O)NCCc2ccc(OC)c(OC)c2)CCC1. The van der Waals surface area contributed by atoms with Crippen molar-refractivity contribution in [3.8, 4) is 11.5 Å². The van der Waals surface area contributed by atoms with E-state index in [1.54, 1.807) is 14.2 Å². The first-order chi connectivity index (χ1) is 11.6. The first-order valence-electron chi connectivity index (χ1n) is 8.72. The molecule has 5 heteroatoms. The number of ether oxygens (including phenoxy) is 3. The molecule has 134 valence electrons. The number of amides is 1. The van der Waals surface area contributed by atoms with Gasteiger partial charge >= 0.3 is 0 Å². The predicted molar refractivity (Wildman–Crippen MR) is 93.7 cm³/mol. The molecule has 0 atom stereocenters. The maximum Gasteiger partial charge on any atom is 0.226 e. The first kappa shape index (κ1) is 18.6. The van der Waals surface area contributed by atoms with Crippen LogP contribution < -0.4 is 14.8 Å². The average Bonchev–Trinajstić information content (AvgIpc) is 2.57. The summed E-state index contributed by atoms with van der Waals surface area (Å²) in [6.45, 7) is 3.98. The van der Waals surface area contributed by atoms with Gasteiger partial charge in [-0.1, -0.05) is 12.5 Å². The average molecular weight is 335 g/mol. The van der Waals surface area contributed by atoms with E-state index in [0.717, 1.165) is 43.4 Å². The van der Waals surface area contributed by atoms with Gasteiger partial charge in [0.2, 0.25) is 5.91 Å². The second kappa shape index (κ2) is 8.92. The highest BCUT2D eigenvalue weighted by Gasteiger charge is 2.43. The quantitative estimate of drug-likeness (QED) is 0.668. The van der Waals surface area contributed by atoms with Gasteiger partial charge in [-0.3, -0.25) is 4.79 Å². The summed E-state index contributed by atoms with van der Waals surface area (Å²) in [5.74, 6) is 1.61. The summed E-state index contributed by atoms with van der Waals surface area (Å²) in [7, 11) is 3.25. The molecule has 0 bridgehead atoms. The molecule has 24 heavy (non-hydrogen) atoms. The van der Waals surface area contributed by atoms with E-state index in [1.807, 2.05) is 25.1 Å². The molecule has 1 aromatic carbocycles. The van der Waals surface area contributed by atoms with Crippen molar-refractivity contribution in [3.05, 3.63) is 23.8 Å². The Labute approximate surface area is 144 Å². The topological polar surface area (TPSA) is 56.8 Å². The second-order valence-electron chi connectivity index (χ2n) is 6.28. The highest BCUT2D eigenvalue weighted by atomic mass is 16.5. The zero-order valence-corrected chi connectivity index (χ0v) is 15.0. The molecule has 0 aliphatic heterocycles. The first-order valence-corrected chi connectivity index (χ1v) is 8.72. The van der Waals surface area contributed by atoms with Crippen LogP contribution in [0.1, 0.15) is 38.2 Å². The third kappa shape index (κ3) is 4.41. The van der Waals surface area contributed by atoms with Crippen LogP contribution in [0.4, 0.5) is 0 Å². The maximum atomic E-state index is 12.5. The van der Waals surface area contributed by atoms with E-state index in [2.05, 4.69) is 5.32 Å². The molecule has 1 aromatic rings. The van der Waals surface area contributed by atoms with Crippen LogP contribution in [-0.2, 0) is 16.0 Å². The summed E-state index contributed by atoms with van der Waals surface area (Å²) in [4.78, 5) is 12.5. The number of rotatable bonds is 10. The van der Waals surface area contributed by atoms with Gasteiger partial charge in [-0.05, 0) is 50.3 Å². The zero-order chi connectivity index (χ0) is 17.4. The van der Waals surface area contributed by atoms with E-state index in [4.69, 9.17) is 14.2 Å². The molecule has 2 rings (SSSR count). The third-order valence-electron chi connectivity index (χ3n) is 4.87. The van der Waals surface area contributed by atoms with Gasteiger partial charge in [0.1, 0.15) is 0 Å². The minimum atomic E-state index is -0.202.